The molecule has 6 heteroatoms. The molecule has 1 unspecified atom stereocenters. The Morgan fingerprint density at radius 2 is 2.06 bits per heavy atom. The number of halogens is 1. The number of carbonyl (C=O) groups excluding carboxylic acids is 2. The van der Waals surface area contributed by atoms with E-state index in [0.29, 0.717) is 0 Å². The van der Waals surface area contributed by atoms with Gasteiger partial charge >= 0.3 is 6.03 Å². The van der Waals surface area contributed by atoms with Gasteiger partial charge in [-0.15, -0.1) is 0 Å². The number of hydrogen-bond acceptors (Lipinski definition) is 3. The van der Waals surface area contributed by atoms with Gasteiger partial charge in [-0.2, -0.15) is 0 Å². The maximum Gasteiger partial charge on any atom is 0.318 e. The first-order chi connectivity index (χ1) is 7.90. The summed E-state index contributed by atoms with van der Waals surface area (Å²) < 4.78 is 0.997. The molecule has 0 aromatic heterocycles. The number of carbonyl (C=O) groups is 2. The lowest BCUT2D eigenvalue weighted by molar-refractivity contribution is -0.120. The molecule has 3 amide bonds. The summed E-state index contributed by atoms with van der Waals surface area (Å²) in [6.45, 7) is 3.60. The van der Waals surface area contributed by atoms with Crippen molar-refractivity contribution in [1.82, 2.24) is 5.32 Å². The minimum atomic E-state index is -0.851. The maximum absolute atomic E-state index is 11.4. The number of nitrogens with one attached hydrogen (secondary N) is 2. The van der Waals surface area contributed by atoms with Crippen molar-refractivity contribution in [3.63, 3.8) is 0 Å². The first-order valence-electron chi connectivity index (χ1n) is 5.03. The third-order valence-electron chi connectivity index (χ3n) is 2.18. The summed E-state index contributed by atoms with van der Waals surface area (Å²) in [5.74, 6) is -0.460. The van der Waals surface area contributed by atoms with Crippen LogP contribution in [0.2, 0.25) is 0 Å². The molecule has 17 heavy (non-hydrogen) atoms. The third-order valence-corrected chi connectivity index (χ3v) is 3.07. The monoisotopic (exact) mass is 299 g/mol. The van der Waals surface area contributed by atoms with Crippen LogP contribution in [0.3, 0.4) is 0 Å². The molecule has 92 valence electrons. The summed E-state index contributed by atoms with van der Waals surface area (Å²) in [4.78, 5) is 21.9. The Labute approximate surface area is 108 Å². The number of hydrogen-bond donors (Lipinski definition) is 3. The molecule has 1 atom stereocenters. The van der Waals surface area contributed by atoms with Crippen molar-refractivity contribution < 1.29 is 9.59 Å². The molecular formula is C11H14BrN3O2. The van der Waals surface area contributed by atoms with Crippen molar-refractivity contribution in [3.8, 4) is 0 Å². The zero-order valence-corrected chi connectivity index (χ0v) is 11.2. The van der Waals surface area contributed by atoms with Crippen LogP contribution in [-0.2, 0) is 4.79 Å². The number of primary amides is 1. The molecule has 0 fully saturated rings. The van der Waals surface area contributed by atoms with Gasteiger partial charge in [0, 0.05) is 10.2 Å². The van der Waals surface area contributed by atoms with Gasteiger partial charge in [-0.1, -0.05) is 15.9 Å². The number of benzene rings is 1. The predicted molar refractivity (Wildman–Crippen MR) is 69.7 cm³/mol. The van der Waals surface area contributed by atoms with E-state index < -0.39 is 18.0 Å². The van der Waals surface area contributed by atoms with Crippen LogP contribution < -0.4 is 16.4 Å². The van der Waals surface area contributed by atoms with Gasteiger partial charge in [-0.05, 0) is 37.6 Å². The second kappa shape index (κ2) is 5.67. The average molecular weight is 300 g/mol. The molecule has 0 aliphatic rings. The van der Waals surface area contributed by atoms with Crippen LogP contribution >= 0.6 is 15.9 Å². The minimum Gasteiger partial charge on any atom is -0.374 e. The summed E-state index contributed by atoms with van der Waals surface area (Å²) >= 11 is 3.39. The highest BCUT2D eigenvalue weighted by molar-refractivity contribution is 9.10. The highest BCUT2D eigenvalue weighted by Crippen LogP contribution is 2.20. The Balaban J connectivity index is 2.67. The van der Waals surface area contributed by atoms with Gasteiger partial charge in [0.25, 0.3) is 0 Å². The van der Waals surface area contributed by atoms with E-state index in [1.54, 1.807) is 6.92 Å². The number of anilines is 1. The first-order valence-corrected chi connectivity index (χ1v) is 5.82. The topological polar surface area (TPSA) is 84.2 Å². The smallest absolute Gasteiger partial charge is 0.318 e. The molecule has 4 N–H and O–H groups in total. The second-order valence-electron chi connectivity index (χ2n) is 3.68. The van der Waals surface area contributed by atoms with Gasteiger partial charge in [-0.25, -0.2) is 4.79 Å². The van der Waals surface area contributed by atoms with E-state index >= 15 is 0 Å². The maximum atomic E-state index is 11.4. The quantitative estimate of drug-likeness (QED) is 0.795. The lowest BCUT2D eigenvalue weighted by atomic mass is 10.2. The van der Waals surface area contributed by atoms with Crippen LogP contribution in [-0.4, -0.2) is 18.0 Å². The Hall–Kier alpha value is -1.56. The average Bonchev–Trinajstić information content (AvgIpc) is 2.22. The standard InChI is InChI=1S/C11H14BrN3O2/c1-6-5-8(3-4-9(6)12)14-7(2)10(16)15-11(13)17/h3-5,7,14H,1-2H3,(H3,13,15,16,17). The molecule has 0 aliphatic carbocycles. The van der Waals surface area contributed by atoms with Gasteiger partial charge < -0.3 is 11.1 Å². The number of nitrogens with two attached hydrogens (primary N) is 1. The van der Waals surface area contributed by atoms with Crippen molar-refractivity contribution in [1.29, 1.82) is 0 Å². The van der Waals surface area contributed by atoms with Crippen molar-refractivity contribution >= 4 is 33.6 Å². The molecule has 0 heterocycles. The molecule has 0 saturated heterocycles. The number of aryl methyl sites for hydroxylation is 1. The minimum absolute atomic E-state index is 0.460. The van der Waals surface area contributed by atoms with Gasteiger partial charge in [-0.3, -0.25) is 10.1 Å². The Morgan fingerprint density at radius 1 is 1.41 bits per heavy atom. The number of imide groups is 1. The molecule has 0 radical (unpaired) electrons. The molecule has 0 saturated carbocycles. The fraction of sp³-hybridized carbons (Fsp3) is 0.273. The first kappa shape index (κ1) is 13.5. The van der Waals surface area contributed by atoms with E-state index in [1.165, 1.54) is 0 Å². The summed E-state index contributed by atoms with van der Waals surface area (Å²) in [7, 11) is 0. The fourth-order valence-electron chi connectivity index (χ4n) is 1.28. The molecule has 0 aliphatic heterocycles. The molecular weight excluding hydrogens is 286 g/mol. The summed E-state index contributed by atoms with van der Waals surface area (Å²) in [6, 6.07) is 4.23. The molecule has 1 rings (SSSR count). The molecule has 0 bridgehead atoms. The van der Waals surface area contributed by atoms with Crippen molar-refractivity contribution in [2.24, 2.45) is 5.73 Å². The molecule has 0 spiro atoms. The van der Waals surface area contributed by atoms with E-state index in [9.17, 15) is 9.59 Å². The van der Waals surface area contributed by atoms with Crippen molar-refractivity contribution in [2.75, 3.05) is 5.32 Å². The van der Waals surface area contributed by atoms with Crippen molar-refractivity contribution in [2.45, 2.75) is 19.9 Å². The number of rotatable bonds is 3. The van der Waals surface area contributed by atoms with E-state index in [2.05, 4.69) is 21.2 Å². The molecule has 1 aromatic carbocycles. The van der Waals surface area contributed by atoms with Crippen LogP contribution in [0.4, 0.5) is 10.5 Å². The van der Waals surface area contributed by atoms with Gasteiger partial charge in [0.05, 0.1) is 0 Å². The zero-order valence-electron chi connectivity index (χ0n) is 9.58. The fourth-order valence-corrected chi connectivity index (χ4v) is 1.53. The highest BCUT2D eigenvalue weighted by Gasteiger charge is 2.14. The van der Waals surface area contributed by atoms with E-state index in [0.717, 1.165) is 15.7 Å². The van der Waals surface area contributed by atoms with Crippen LogP contribution in [0.1, 0.15) is 12.5 Å². The second-order valence-corrected chi connectivity index (χ2v) is 4.54. The van der Waals surface area contributed by atoms with Gasteiger partial charge in [0.2, 0.25) is 5.91 Å². The van der Waals surface area contributed by atoms with Crippen LogP contribution in [0.5, 0.6) is 0 Å². The Morgan fingerprint density at radius 3 is 2.59 bits per heavy atom. The van der Waals surface area contributed by atoms with Crippen LogP contribution in [0.25, 0.3) is 0 Å². The predicted octanol–water partition coefficient (Wildman–Crippen LogP) is 1.75. The molecule has 1 aromatic rings. The largest absolute Gasteiger partial charge is 0.374 e. The number of amides is 3. The summed E-state index contributed by atoms with van der Waals surface area (Å²) in [5, 5.41) is 4.99. The van der Waals surface area contributed by atoms with E-state index in [4.69, 9.17) is 5.73 Å². The van der Waals surface area contributed by atoms with E-state index in [1.807, 2.05) is 30.4 Å². The molecule has 5 nitrogen and oxygen atoms in total. The highest BCUT2D eigenvalue weighted by atomic mass is 79.9. The van der Waals surface area contributed by atoms with E-state index in [-0.39, 0.29) is 0 Å². The summed E-state index contributed by atoms with van der Waals surface area (Å²) in [6.07, 6.45) is 0. The Kier molecular flexibility index (Phi) is 4.51. The Bertz CT molecular complexity index is 448. The lowest BCUT2D eigenvalue weighted by Crippen LogP contribution is -2.43. The van der Waals surface area contributed by atoms with Crippen LogP contribution in [0.15, 0.2) is 22.7 Å². The normalized spacial score (nSPS) is 11.7. The zero-order chi connectivity index (χ0) is 13.0. The van der Waals surface area contributed by atoms with Gasteiger partial charge in [0.1, 0.15) is 6.04 Å². The SMILES string of the molecule is Cc1cc(NC(C)C(=O)NC(N)=O)ccc1Br. The number of urea groups is 1. The third kappa shape index (κ3) is 4.07. The van der Waals surface area contributed by atoms with Gasteiger partial charge in [0.15, 0.2) is 0 Å². The van der Waals surface area contributed by atoms with Crippen molar-refractivity contribution in [3.05, 3.63) is 28.2 Å². The summed E-state index contributed by atoms with van der Waals surface area (Å²) in [5.41, 5.74) is 6.72. The lowest BCUT2D eigenvalue weighted by Gasteiger charge is -2.14. The van der Waals surface area contributed by atoms with Crippen LogP contribution in [0, 0.1) is 6.92 Å².